The van der Waals surface area contributed by atoms with Gasteiger partial charge >= 0.3 is 0 Å². The second kappa shape index (κ2) is 5.02. The number of halogens is 1. The predicted molar refractivity (Wildman–Crippen MR) is 68.1 cm³/mol. The largest absolute Gasteiger partial charge is 0.354 e. The van der Waals surface area contributed by atoms with E-state index in [1.165, 1.54) is 0 Å². The van der Waals surface area contributed by atoms with Gasteiger partial charge in [0, 0.05) is 25.7 Å². The minimum absolute atomic E-state index is 0.537. The van der Waals surface area contributed by atoms with E-state index in [4.69, 9.17) is 11.6 Å². The Hall–Kier alpha value is -0.800. The molecule has 1 aliphatic heterocycles. The second-order valence-corrected chi connectivity index (χ2v) is 4.96. The van der Waals surface area contributed by atoms with Crippen LogP contribution in [0, 0.1) is 5.92 Å². The first-order valence-corrected chi connectivity index (χ1v) is 6.15. The maximum atomic E-state index is 5.91. The molecule has 1 aromatic heterocycles. The summed E-state index contributed by atoms with van der Waals surface area (Å²) in [5, 5.41) is 4.10. The molecule has 88 valence electrons. The third-order valence-electron chi connectivity index (χ3n) is 3.03. The van der Waals surface area contributed by atoms with Gasteiger partial charge in [0.15, 0.2) is 0 Å². The zero-order valence-corrected chi connectivity index (χ0v) is 10.5. The fraction of sp³-hybridized carbons (Fsp3) is 0.583. The summed E-state index contributed by atoms with van der Waals surface area (Å²) >= 11 is 5.91. The molecule has 1 N–H and O–H groups in total. The van der Waals surface area contributed by atoms with Crippen molar-refractivity contribution in [3.63, 3.8) is 0 Å². The molecule has 1 fully saturated rings. The molecule has 4 heteroatoms. The molecule has 0 saturated carbocycles. The Balaban J connectivity index is 2.09. The van der Waals surface area contributed by atoms with Gasteiger partial charge in [-0.2, -0.15) is 0 Å². The van der Waals surface area contributed by atoms with Crippen LogP contribution in [0.25, 0.3) is 0 Å². The van der Waals surface area contributed by atoms with Gasteiger partial charge in [-0.05, 0) is 18.1 Å². The van der Waals surface area contributed by atoms with Crippen molar-refractivity contribution in [2.24, 2.45) is 5.92 Å². The van der Waals surface area contributed by atoms with Gasteiger partial charge in [0.05, 0.1) is 0 Å². The molecular formula is C12H18ClN3. The Morgan fingerprint density at radius 3 is 3.00 bits per heavy atom. The highest BCUT2D eigenvalue weighted by atomic mass is 35.5. The highest BCUT2D eigenvalue weighted by Gasteiger charge is 2.22. The van der Waals surface area contributed by atoms with Gasteiger partial charge in [0.1, 0.15) is 11.0 Å². The van der Waals surface area contributed by atoms with E-state index in [1.54, 1.807) is 0 Å². The molecule has 0 aromatic carbocycles. The summed E-state index contributed by atoms with van der Waals surface area (Å²) in [7, 11) is 0. The maximum absolute atomic E-state index is 5.91. The van der Waals surface area contributed by atoms with E-state index in [9.17, 15) is 0 Å². The number of rotatable bonds is 2. The van der Waals surface area contributed by atoms with Crippen molar-refractivity contribution in [3.8, 4) is 0 Å². The second-order valence-electron chi connectivity index (χ2n) is 4.57. The van der Waals surface area contributed by atoms with Crippen molar-refractivity contribution in [1.82, 2.24) is 10.3 Å². The van der Waals surface area contributed by atoms with Crippen LogP contribution in [-0.2, 0) is 0 Å². The lowest BCUT2D eigenvalue weighted by Crippen LogP contribution is -2.53. The predicted octanol–water partition coefficient (Wildman–Crippen LogP) is 2.17. The summed E-state index contributed by atoms with van der Waals surface area (Å²) < 4.78 is 0. The number of hydrogen-bond acceptors (Lipinski definition) is 3. The van der Waals surface area contributed by atoms with E-state index in [-0.39, 0.29) is 0 Å². The molecule has 0 amide bonds. The van der Waals surface area contributed by atoms with Crippen molar-refractivity contribution in [1.29, 1.82) is 0 Å². The van der Waals surface area contributed by atoms with Crippen LogP contribution in [0.2, 0.25) is 5.15 Å². The van der Waals surface area contributed by atoms with Gasteiger partial charge in [0.2, 0.25) is 0 Å². The standard InChI is InChI=1S/C12H18ClN3/c1-9(2)10-8-16(7-6-14-10)12-5-3-4-11(13)15-12/h3-5,9-10,14H,6-8H2,1-2H3. The summed E-state index contributed by atoms with van der Waals surface area (Å²) in [6.45, 7) is 7.50. The van der Waals surface area contributed by atoms with Crippen molar-refractivity contribution >= 4 is 17.4 Å². The zero-order chi connectivity index (χ0) is 11.5. The molecule has 0 radical (unpaired) electrons. The summed E-state index contributed by atoms with van der Waals surface area (Å²) in [5.74, 6) is 1.63. The highest BCUT2D eigenvalue weighted by Crippen LogP contribution is 2.17. The van der Waals surface area contributed by atoms with E-state index < -0.39 is 0 Å². The van der Waals surface area contributed by atoms with E-state index in [2.05, 4.69) is 29.0 Å². The number of pyridine rings is 1. The number of hydrogen-bond donors (Lipinski definition) is 1. The zero-order valence-electron chi connectivity index (χ0n) is 9.78. The smallest absolute Gasteiger partial charge is 0.131 e. The van der Waals surface area contributed by atoms with Gasteiger partial charge < -0.3 is 10.2 Å². The third kappa shape index (κ3) is 2.66. The van der Waals surface area contributed by atoms with Crippen LogP contribution < -0.4 is 10.2 Å². The van der Waals surface area contributed by atoms with Crippen LogP contribution in [0.15, 0.2) is 18.2 Å². The highest BCUT2D eigenvalue weighted by molar-refractivity contribution is 6.29. The average Bonchev–Trinajstić information content (AvgIpc) is 2.29. The minimum Gasteiger partial charge on any atom is -0.354 e. The van der Waals surface area contributed by atoms with Crippen LogP contribution in [0.1, 0.15) is 13.8 Å². The molecule has 1 saturated heterocycles. The van der Waals surface area contributed by atoms with Crippen molar-refractivity contribution in [2.75, 3.05) is 24.5 Å². The molecule has 3 nitrogen and oxygen atoms in total. The van der Waals surface area contributed by atoms with Crippen LogP contribution in [-0.4, -0.2) is 30.7 Å². The van der Waals surface area contributed by atoms with Gasteiger partial charge in [-0.3, -0.25) is 0 Å². The average molecular weight is 240 g/mol. The molecule has 0 bridgehead atoms. The SMILES string of the molecule is CC(C)C1CN(c2cccc(Cl)n2)CCN1. The van der Waals surface area contributed by atoms with Gasteiger partial charge in [-0.25, -0.2) is 4.98 Å². The quantitative estimate of drug-likeness (QED) is 0.802. The van der Waals surface area contributed by atoms with Crippen LogP contribution in [0.5, 0.6) is 0 Å². The van der Waals surface area contributed by atoms with Crippen molar-refractivity contribution in [2.45, 2.75) is 19.9 Å². The summed E-state index contributed by atoms with van der Waals surface area (Å²) in [4.78, 5) is 6.65. The Morgan fingerprint density at radius 2 is 2.31 bits per heavy atom. The van der Waals surface area contributed by atoms with E-state index >= 15 is 0 Å². The third-order valence-corrected chi connectivity index (χ3v) is 3.24. The van der Waals surface area contributed by atoms with Gasteiger partial charge in [0.25, 0.3) is 0 Å². The molecule has 2 heterocycles. The van der Waals surface area contributed by atoms with Gasteiger partial charge in [-0.1, -0.05) is 31.5 Å². The van der Waals surface area contributed by atoms with Crippen LogP contribution in [0.4, 0.5) is 5.82 Å². The Kier molecular flexibility index (Phi) is 3.66. The number of anilines is 1. The first-order valence-electron chi connectivity index (χ1n) is 5.77. The summed E-state index contributed by atoms with van der Waals surface area (Å²) in [5.41, 5.74) is 0. The van der Waals surface area contributed by atoms with E-state index in [0.29, 0.717) is 17.1 Å². The fourth-order valence-corrected chi connectivity index (χ4v) is 2.17. The lowest BCUT2D eigenvalue weighted by atomic mass is 10.0. The van der Waals surface area contributed by atoms with Gasteiger partial charge in [-0.15, -0.1) is 0 Å². The number of nitrogens with one attached hydrogen (secondary N) is 1. The summed E-state index contributed by atoms with van der Waals surface area (Å²) in [6.07, 6.45) is 0. The number of piperazine rings is 1. The maximum Gasteiger partial charge on any atom is 0.131 e. The molecule has 16 heavy (non-hydrogen) atoms. The monoisotopic (exact) mass is 239 g/mol. The molecule has 2 rings (SSSR count). The molecule has 1 aromatic rings. The Labute approximate surface area is 102 Å². The molecule has 0 spiro atoms. The fourth-order valence-electron chi connectivity index (χ4n) is 2.01. The number of aromatic nitrogens is 1. The molecule has 1 atom stereocenters. The molecule has 1 aliphatic rings. The number of nitrogens with zero attached hydrogens (tertiary/aromatic N) is 2. The van der Waals surface area contributed by atoms with Crippen LogP contribution in [0.3, 0.4) is 0 Å². The molecule has 1 unspecified atom stereocenters. The Bertz CT molecular complexity index is 354. The topological polar surface area (TPSA) is 28.2 Å². The Morgan fingerprint density at radius 1 is 1.50 bits per heavy atom. The first kappa shape index (κ1) is 11.7. The minimum atomic E-state index is 0.537. The molecule has 0 aliphatic carbocycles. The molecular weight excluding hydrogens is 222 g/mol. The van der Waals surface area contributed by atoms with E-state index in [0.717, 1.165) is 25.5 Å². The summed E-state index contributed by atoms with van der Waals surface area (Å²) in [6, 6.07) is 6.33. The normalized spacial score (nSPS) is 21.5. The van der Waals surface area contributed by atoms with Crippen LogP contribution >= 0.6 is 11.6 Å². The van der Waals surface area contributed by atoms with Crippen molar-refractivity contribution < 1.29 is 0 Å². The lowest BCUT2D eigenvalue weighted by molar-refractivity contribution is 0.367. The lowest BCUT2D eigenvalue weighted by Gasteiger charge is -2.36. The van der Waals surface area contributed by atoms with E-state index in [1.807, 2.05) is 18.2 Å². The van der Waals surface area contributed by atoms with Crippen molar-refractivity contribution in [3.05, 3.63) is 23.4 Å². The first-order chi connectivity index (χ1) is 7.66.